The van der Waals surface area contributed by atoms with Crippen LogP contribution in [0.5, 0.6) is 0 Å². The third-order valence-corrected chi connectivity index (χ3v) is 2.95. The maximum Gasteiger partial charge on any atom is 0.508 e. The van der Waals surface area contributed by atoms with Crippen LogP contribution in [0.15, 0.2) is 24.3 Å². The van der Waals surface area contributed by atoms with E-state index in [0.717, 1.165) is 5.69 Å². The predicted octanol–water partition coefficient (Wildman–Crippen LogP) is 2.75. The van der Waals surface area contributed by atoms with Crippen molar-refractivity contribution in [2.75, 3.05) is 18.0 Å². The lowest BCUT2D eigenvalue weighted by atomic mass is 10.2. The number of carbonyl (C=O) groups excluding carboxylic acids is 1. The zero-order valence-electron chi connectivity index (χ0n) is 11.1. The van der Waals surface area contributed by atoms with Crippen LogP contribution < -0.4 is 4.90 Å². The number of aryl methyl sites for hydroxylation is 1. The monoisotopic (exact) mass is 249 g/mol. The Kier molecular flexibility index (Phi) is 3.75. The molecule has 2 rings (SSSR count). The topological polar surface area (TPSA) is 38.8 Å². The fraction of sp³-hybridized carbons (Fsp3) is 0.500. The first-order chi connectivity index (χ1) is 8.54. The van der Waals surface area contributed by atoms with Crippen molar-refractivity contribution in [2.45, 2.75) is 33.0 Å². The van der Waals surface area contributed by atoms with E-state index in [1.807, 2.05) is 13.8 Å². The van der Waals surface area contributed by atoms with Gasteiger partial charge >= 0.3 is 6.16 Å². The first-order valence-electron chi connectivity index (χ1n) is 6.23. The molecule has 0 bridgehead atoms. The van der Waals surface area contributed by atoms with E-state index in [-0.39, 0.29) is 12.2 Å². The Hall–Kier alpha value is -1.71. The molecule has 1 aliphatic rings. The molecule has 1 heterocycles. The molecule has 0 amide bonds. The van der Waals surface area contributed by atoms with E-state index in [9.17, 15) is 4.79 Å². The van der Waals surface area contributed by atoms with Gasteiger partial charge in [-0.15, -0.1) is 0 Å². The Bertz CT molecular complexity index is 400. The summed E-state index contributed by atoms with van der Waals surface area (Å²) in [5, 5.41) is 0. The highest BCUT2D eigenvalue weighted by atomic mass is 16.7. The van der Waals surface area contributed by atoms with Gasteiger partial charge in [0.15, 0.2) is 0 Å². The van der Waals surface area contributed by atoms with Crippen molar-refractivity contribution < 1.29 is 14.3 Å². The highest BCUT2D eigenvalue weighted by molar-refractivity contribution is 5.61. The minimum Gasteiger partial charge on any atom is -0.429 e. The van der Waals surface area contributed by atoms with Gasteiger partial charge in [0.1, 0.15) is 12.2 Å². The quantitative estimate of drug-likeness (QED) is 0.717. The van der Waals surface area contributed by atoms with Crippen molar-refractivity contribution >= 4 is 11.8 Å². The second kappa shape index (κ2) is 5.29. The van der Waals surface area contributed by atoms with Gasteiger partial charge < -0.3 is 14.4 Å². The molecule has 0 spiro atoms. The minimum atomic E-state index is -0.571. The molecule has 0 N–H and O–H groups in total. The summed E-state index contributed by atoms with van der Waals surface area (Å²) < 4.78 is 10.3. The summed E-state index contributed by atoms with van der Waals surface area (Å²) in [6.07, 6.45) is -0.920. The van der Waals surface area contributed by atoms with Crippen molar-refractivity contribution in [1.82, 2.24) is 0 Å². The van der Waals surface area contributed by atoms with E-state index in [1.54, 1.807) is 0 Å². The Morgan fingerprint density at radius 3 is 2.06 bits per heavy atom. The van der Waals surface area contributed by atoms with Crippen LogP contribution in [0.3, 0.4) is 0 Å². The zero-order valence-corrected chi connectivity index (χ0v) is 11.1. The average molecular weight is 249 g/mol. The predicted molar refractivity (Wildman–Crippen MR) is 69.9 cm³/mol. The van der Waals surface area contributed by atoms with E-state index in [0.29, 0.717) is 13.1 Å². The van der Waals surface area contributed by atoms with Gasteiger partial charge in [0.25, 0.3) is 0 Å². The number of ether oxygens (including phenoxy) is 2. The Labute approximate surface area is 107 Å². The van der Waals surface area contributed by atoms with Gasteiger partial charge in [-0.1, -0.05) is 17.7 Å². The number of rotatable bonds is 1. The van der Waals surface area contributed by atoms with Gasteiger partial charge in [-0.3, -0.25) is 0 Å². The molecule has 1 aromatic carbocycles. The second-order valence-electron chi connectivity index (χ2n) is 4.85. The largest absolute Gasteiger partial charge is 0.508 e. The van der Waals surface area contributed by atoms with E-state index in [2.05, 4.69) is 36.1 Å². The summed E-state index contributed by atoms with van der Waals surface area (Å²) in [7, 11) is 0. The summed E-state index contributed by atoms with van der Waals surface area (Å²) in [5.41, 5.74) is 2.36. The van der Waals surface area contributed by atoms with Crippen LogP contribution in [0.1, 0.15) is 19.4 Å². The van der Waals surface area contributed by atoms with E-state index in [4.69, 9.17) is 9.47 Å². The molecule has 1 aliphatic heterocycles. The molecule has 4 nitrogen and oxygen atoms in total. The summed E-state index contributed by atoms with van der Waals surface area (Å²) >= 11 is 0. The van der Waals surface area contributed by atoms with Crippen LogP contribution in [-0.2, 0) is 9.47 Å². The van der Waals surface area contributed by atoms with Crippen LogP contribution in [0.25, 0.3) is 0 Å². The molecule has 1 aromatic rings. The lowest BCUT2D eigenvalue weighted by molar-refractivity contribution is 0.00130. The van der Waals surface area contributed by atoms with Crippen LogP contribution in [0, 0.1) is 6.92 Å². The fourth-order valence-corrected chi connectivity index (χ4v) is 2.09. The fourth-order valence-electron chi connectivity index (χ4n) is 2.09. The Balaban J connectivity index is 2.15. The van der Waals surface area contributed by atoms with E-state index in [1.165, 1.54) is 5.56 Å². The number of anilines is 1. The molecule has 1 fully saturated rings. The molecule has 4 heteroatoms. The number of nitrogens with zero attached hydrogens (tertiary/aromatic N) is 1. The Morgan fingerprint density at radius 1 is 1.06 bits per heavy atom. The second-order valence-corrected chi connectivity index (χ2v) is 4.85. The maximum absolute atomic E-state index is 11.3. The number of carbonyl (C=O) groups is 1. The third-order valence-electron chi connectivity index (χ3n) is 2.95. The molecule has 18 heavy (non-hydrogen) atoms. The van der Waals surface area contributed by atoms with Gasteiger partial charge in [0, 0.05) is 5.69 Å². The first kappa shape index (κ1) is 12.7. The highest BCUT2D eigenvalue weighted by Crippen LogP contribution is 2.18. The van der Waals surface area contributed by atoms with Gasteiger partial charge in [-0.25, -0.2) is 4.79 Å². The van der Waals surface area contributed by atoms with Crippen molar-refractivity contribution in [3.63, 3.8) is 0 Å². The summed E-state index contributed by atoms with van der Waals surface area (Å²) in [5.74, 6) is 0. The zero-order chi connectivity index (χ0) is 13.1. The first-order valence-corrected chi connectivity index (χ1v) is 6.23. The molecule has 0 unspecified atom stereocenters. The average Bonchev–Trinajstić information content (AvgIpc) is 2.26. The number of benzene rings is 1. The van der Waals surface area contributed by atoms with E-state index >= 15 is 0 Å². The van der Waals surface area contributed by atoms with Crippen molar-refractivity contribution in [1.29, 1.82) is 0 Å². The van der Waals surface area contributed by atoms with Crippen molar-refractivity contribution in [3.8, 4) is 0 Å². The molecule has 0 aromatic heterocycles. The standard InChI is InChI=1S/C14H19NO3/c1-10-4-6-13(7-5-10)15-8-11(2)17-14(16)18-12(3)9-15/h4-7,11-12H,8-9H2,1-3H3/t11-,12-/m1/s1. The molecule has 0 saturated carbocycles. The Morgan fingerprint density at radius 2 is 1.56 bits per heavy atom. The van der Waals surface area contributed by atoms with Crippen molar-refractivity contribution in [3.05, 3.63) is 29.8 Å². The molecule has 0 aliphatic carbocycles. The smallest absolute Gasteiger partial charge is 0.429 e. The normalized spacial score (nSPS) is 24.8. The number of cyclic esters (lactones) is 2. The number of hydrogen-bond acceptors (Lipinski definition) is 4. The highest BCUT2D eigenvalue weighted by Gasteiger charge is 2.23. The molecular formula is C14H19NO3. The van der Waals surface area contributed by atoms with Crippen LogP contribution in [0.4, 0.5) is 10.5 Å². The van der Waals surface area contributed by atoms with Crippen molar-refractivity contribution in [2.24, 2.45) is 0 Å². The summed E-state index contributed by atoms with van der Waals surface area (Å²) in [6.45, 7) is 7.18. The lowest BCUT2D eigenvalue weighted by Crippen LogP contribution is -2.42. The molecular weight excluding hydrogens is 230 g/mol. The SMILES string of the molecule is Cc1ccc(N2C[C@@H](C)OC(=O)O[C@H](C)C2)cc1. The molecule has 1 saturated heterocycles. The molecule has 98 valence electrons. The minimum absolute atomic E-state index is 0.175. The molecule has 0 radical (unpaired) electrons. The van der Waals surface area contributed by atoms with Crippen LogP contribution in [0.2, 0.25) is 0 Å². The summed E-state index contributed by atoms with van der Waals surface area (Å²) in [6, 6.07) is 8.32. The number of hydrogen-bond donors (Lipinski definition) is 0. The maximum atomic E-state index is 11.3. The van der Waals surface area contributed by atoms with Crippen LogP contribution in [-0.4, -0.2) is 31.5 Å². The molecule has 2 atom stereocenters. The third kappa shape index (κ3) is 3.15. The van der Waals surface area contributed by atoms with Gasteiger partial charge in [0.2, 0.25) is 0 Å². The van der Waals surface area contributed by atoms with Gasteiger partial charge in [-0.05, 0) is 32.9 Å². The van der Waals surface area contributed by atoms with Gasteiger partial charge in [0.05, 0.1) is 13.1 Å². The van der Waals surface area contributed by atoms with Gasteiger partial charge in [-0.2, -0.15) is 0 Å². The lowest BCUT2D eigenvalue weighted by Gasteiger charge is -2.32. The van der Waals surface area contributed by atoms with Crippen LogP contribution >= 0.6 is 0 Å². The van der Waals surface area contributed by atoms with E-state index < -0.39 is 6.16 Å². The summed E-state index contributed by atoms with van der Waals surface area (Å²) in [4.78, 5) is 13.5.